The normalized spacial score (nSPS) is 20.0. The molecule has 0 aromatic carbocycles. The van der Waals surface area contributed by atoms with E-state index < -0.39 is 67.5 Å². The first kappa shape index (κ1) is 38.7. The highest BCUT2D eigenvalue weighted by atomic mass is 35.5. The van der Waals surface area contributed by atoms with Crippen LogP contribution in [0.15, 0.2) is 0 Å². The number of ether oxygens (including phenoxy) is 6. The number of halogens is 1. The Hall–Kier alpha value is -3.44. The van der Waals surface area contributed by atoms with Crippen molar-refractivity contribution in [3.8, 4) is 11.5 Å². The van der Waals surface area contributed by atoms with Gasteiger partial charge in [0.05, 0.1) is 6.04 Å². The average Bonchev–Trinajstić information content (AvgIpc) is 3.13. The van der Waals surface area contributed by atoms with Crippen molar-refractivity contribution in [3.05, 3.63) is 10.7 Å². The van der Waals surface area contributed by atoms with Gasteiger partial charge >= 0.3 is 18.5 Å². The van der Waals surface area contributed by atoms with Crippen LogP contribution in [0.5, 0.6) is 0 Å². The Morgan fingerprint density at radius 3 is 1.83 bits per heavy atom. The zero-order valence-electron chi connectivity index (χ0n) is 29.2. The van der Waals surface area contributed by atoms with Crippen molar-refractivity contribution >= 4 is 49.9 Å². The van der Waals surface area contributed by atoms with Gasteiger partial charge < -0.3 is 39.1 Å². The van der Waals surface area contributed by atoms with Gasteiger partial charge in [0.1, 0.15) is 42.9 Å². The molecule has 4 atom stereocenters. The summed E-state index contributed by atoms with van der Waals surface area (Å²) >= 11 is 6.57. The number of hydrogen-bond donors (Lipinski definition) is 2. The van der Waals surface area contributed by atoms with Crippen molar-refractivity contribution < 1.29 is 42.8 Å². The Balaban J connectivity index is 2.60. The van der Waals surface area contributed by atoms with Gasteiger partial charge in [-0.1, -0.05) is 37.2 Å². The molecular weight excluding hydrogens is 636 g/mol. The van der Waals surface area contributed by atoms with Gasteiger partial charge in [-0.25, -0.2) is 14.4 Å². The molecule has 2 rings (SSSR count). The van der Waals surface area contributed by atoms with E-state index in [-0.39, 0.29) is 29.9 Å². The molecule has 1 aromatic rings. The van der Waals surface area contributed by atoms with Gasteiger partial charge in [-0.2, -0.15) is 9.97 Å². The molecule has 1 saturated carbocycles. The monoisotopic (exact) mass is 684 g/mol. The van der Waals surface area contributed by atoms with Gasteiger partial charge in [-0.05, 0) is 68.7 Å². The molecule has 46 heavy (non-hydrogen) atoms. The minimum Gasteiger partial charge on any atom is -0.434 e. The lowest BCUT2D eigenvalue weighted by Gasteiger charge is -2.29. The molecule has 0 unspecified atom stereocenters. The molecular formula is C31H49ClN4O9Si. The highest BCUT2D eigenvalue weighted by molar-refractivity contribution is 6.83. The second-order valence-electron chi connectivity index (χ2n) is 14.9. The van der Waals surface area contributed by atoms with Crippen LogP contribution in [0.1, 0.15) is 74.3 Å². The van der Waals surface area contributed by atoms with Crippen molar-refractivity contribution in [1.82, 2.24) is 9.97 Å². The fourth-order valence-electron chi connectivity index (χ4n) is 4.12. The van der Waals surface area contributed by atoms with Crippen molar-refractivity contribution in [2.45, 2.75) is 123 Å². The van der Waals surface area contributed by atoms with Crippen molar-refractivity contribution in [2.75, 3.05) is 24.3 Å². The van der Waals surface area contributed by atoms with Crippen LogP contribution in [0.2, 0.25) is 24.8 Å². The summed E-state index contributed by atoms with van der Waals surface area (Å²) < 4.78 is 33.2. The molecule has 13 nitrogen and oxygen atoms in total. The van der Waals surface area contributed by atoms with Crippen LogP contribution in [-0.2, 0) is 28.4 Å². The molecule has 1 heterocycles. The maximum Gasteiger partial charge on any atom is 0.509 e. The number of nitrogens with zero attached hydrogens (tertiary/aromatic N) is 2. The van der Waals surface area contributed by atoms with Gasteiger partial charge in [0.15, 0.2) is 17.4 Å². The highest BCUT2D eigenvalue weighted by Gasteiger charge is 2.50. The van der Waals surface area contributed by atoms with Gasteiger partial charge in [0, 0.05) is 13.0 Å². The molecule has 15 heteroatoms. The van der Waals surface area contributed by atoms with E-state index in [9.17, 15) is 14.4 Å². The Kier molecular flexibility index (Phi) is 12.6. The minimum absolute atomic E-state index is 0.113. The molecule has 258 valence electrons. The predicted molar refractivity (Wildman–Crippen MR) is 177 cm³/mol. The van der Waals surface area contributed by atoms with Crippen LogP contribution in [0.3, 0.4) is 0 Å². The number of hydrogen-bond acceptors (Lipinski definition) is 13. The summed E-state index contributed by atoms with van der Waals surface area (Å²) in [6, 6.07) is -0.754. The van der Waals surface area contributed by atoms with Crippen molar-refractivity contribution in [2.24, 2.45) is 5.92 Å². The lowest BCUT2D eigenvalue weighted by molar-refractivity contribution is -0.0907. The lowest BCUT2D eigenvalue weighted by atomic mass is 10.1. The number of carbonyl (C=O) groups excluding carboxylic acids is 3. The first-order valence-corrected chi connectivity index (χ1v) is 18.9. The number of carbonyl (C=O) groups is 3. The fourth-order valence-corrected chi connectivity index (χ4v) is 4.84. The smallest absolute Gasteiger partial charge is 0.434 e. The minimum atomic E-state index is -1.85. The Labute approximate surface area is 278 Å². The van der Waals surface area contributed by atoms with E-state index in [1.165, 1.54) is 0 Å². The van der Waals surface area contributed by atoms with Gasteiger partial charge in [0.25, 0.3) is 0 Å². The third-order valence-corrected chi connectivity index (χ3v) is 6.91. The Morgan fingerprint density at radius 1 is 0.848 bits per heavy atom. The van der Waals surface area contributed by atoms with Gasteiger partial charge in [0.2, 0.25) is 5.95 Å². The molecule has 0 aliphatic heterocycles. The summed E-state index contributed by atoms with van der Waals surface area (Å²) in [6.45, 7) is 21.3. The van der Waals surface area contributed by atoms with E-state index in [1.54, 1.807) is 69.4 Å². The highest BCUT2D eigenvalue weighted by Crippen LogP contribution is 2.36. The third kappa shape index (κ3) is 13.5. The molecule has 0 saturated heterocycles. The second-order valence-corrected chi connectivity index (χ2v) is 20.0. The topological polar surface area (TPSA) is 156 Å². The molecule has 1 aliphatic rings. The first-order chi connectivity index (χ1) is 20.9. The summed E-state index contributed by atoms with van der Waals surface area (Å²) in [4.78, 5) is 47.3. The van der Waals surface area contributed by atoms with E-state index >= 15 is 0 Å². The second kappa shape index (κ2) is 15.0. The van der Waals surface area contributed by atoms with E-state index in [4.69, 9.17) is 40.0 Å². The lowest BCUT2D eigenvalue weighted by Crippen LogP contribution is -2.44. The number of aromatic nitrogens is 2. The molecule has 0 amide bonds. The maximum atomic E-state index is 13.0. The number of nitrogens with one attached hydrogen (secondary N) is 2. The largest absolute Gasteiger partial charge is 0.509 e. The Bertz CT molecular complexity index is 1320. The van der Waals surface area contributed by atoms with E-state index in [2.05, 4.69) is 51.7 Å². The van der Waals surface area contributed by atoms with Crippen molar-refractivity contribution in [1.29, 1.82) is 0 Å². The van der Waals surface area contributed by atoms with E-state index in [0.717, 1.165) is 0 Å². The summed E-state index contributed by atoms with van der Waals surface area (Å²) in [5.41, 5.74) is 1.07. The van der Waals surface area contributed by atoms with Crippen LogP contribution in [0, 0.1) is 17.4 Å². The van der Waals surface area contributed by atoms with E-state index in [0.29, 0.717) is 5.56 Å². The van der Waals surface area contributed by atoms with E-state index in [1.807, 2.05) is 0 Å². The van der Waals surface area contributed by atoms with Crippen molar-refractivity contribution in [3.63, 3.8) is 0 Å². The summed E-state index contributed by atoms with van der Waals surface area (Å²) in [6.07, 6.45) is -5.01. The predicted octanol–water partition coefficient (Wildman–Crippen LogP) is 6.79. The van der Waals surface area contributed by atoms with Gasteiger partial charge in [-0.15, -0.1) is 5.54 Å². The van der Waals surface area contributed by atoms with Crippen LogP contribution in [0.4, 0.5) is 26.1 Å². The number of anilines is 2. The van der Waals surface area contributed by atoms with Gasteiger partial charge in [-0.3, -0.25) is 0 Å². The van der Waals surface area contributed by atoms with Crippen LogP contribution in [0.25, 0.3) is 0 Å². The SMILES string of the molecule is CNc1nc(Cl)c(C#C[Si](C)(C)C)c(N[C@@H]2C[C@H](COC(=O)OC(C)(C)C)[C@@H](OC(=O)OC(C)(C)C)[C@H]2OC(=O)OC(C)(C)C)n1. The third-order valence-electron chi connectivity index (χ3n) is 5.76. The Morgan fingerprint density at radius 2 is 1.35 bits per heavy atom. The molecule has 1 aromatic heterocycles. The molecule has 0 spiro atoms. The zero-order valence-corrected chi connectivity index (χ0v) is 30.9. The number of rotatable bonds is 7. The average molecular weight is 685 g/mol. The standard InChI is InChI=1S/C31H49ClN4O9Si/c1-29(2,3)43-26(37)40-17-18-16-20(34-24-19(14-15-46(11,12)13)23(32)35-25(33-10)36-24)22(42-28(39)45-31(7,8)9)21(18)41-27(38)44-30(4,5)6/h18,20-22H,16-17H2,1-13H3,(H2,33,34,35,36)/t18-,20-,21-,22+/m1/s1. The summed E-state index contributed by atoms with van der Waals surface area (Å²) in [5.74, 6) is 2.93. The first-order valence-electron chi connectivity index (χ1n) is 15.1. The quantitative estimate of drug-likeness (QED) is 0.102. The fraction of sp³-hybridized carbons (Fsp3) is 0.710. The van der Waals surface area contributed by atoms with Crippen LogP contribution < -0.4 is 10.6 Å². The van der Waals surface area contributed by atoms with Crippen LogP contribution >= 0.6 is 11.6 Å². The zero-order chi connectivity index (χ0) is 35.3. The summed E-state index contributed by atoms with van der Waals surface area (Å²) in [5, 5.41) is 6.27. The molecule has 1 aliphatic carbocycles. The van der Waals surface area contributed by atoms with Crippen LogP contribution in [-0.4, -0.2) is 85.2 Å². The molecule has 1 fully saturated rings. The molecule has 0 bridgehead atoms. The molecule has 0 radical (unpaired) electrons. The molecule has 2 N–H and O–H groups in total. The summed E-state index contributed by atoms with van der Waals surface area (Å²) in [7, 11) is -0.205. The maximum absolute atomic E-state index is 13.0.